The van der Waals surface area contributed by atoms with Crippen molar-refractivity contribution in [2.45, 2.75) is 13.3 Å². The fourth-order valence-electron chi connectivity index (χ4n) is 2.15. The highest BCUT2D eigenvalue weighted by Gasteiger charge is 2.09. The van der Waals surface area contributed by atoms with Crippen LogP contribution < -0.4 is 10.6 Å². The molecule has 0 bridgehead atoms. The van der Waals surface area contributed by atoms with Crippen LogP contribution in [0.1, 0.15) is 33.2 Å². The van der Waals surface area contributed by atoms with Gasteiger partial charge in [-0.15, -0.1) is 0 Å². The lowest BCUT2D eigenvalue weighted by Crippen LogP contribution is -2.17. The number of hydrogen-bond donors (Lipinski definition) is 2. The van der Waals surface area contributed by atoms with E-state index in [4.69, 9.17) is 0 Å². The summed E-state index contributed by atoms with van der Waals surface area (Å²) in [6.45, 7) is 1.44. The van der Waals surface area contributed by atoms with Gasteiger partial charge in [0.2, 0.25) is 5.91 Å². The van der Waals surface area contributed by atoms with Crippen LogP contribution in [0.15, 0.2) is 48.5 Å². The molecular formula is C18H18N2O3. The van der Waals surface area contributed by atoms with Crippen LogP contribution in [0.3, 0.4) is 0 Å². The summed E-state index contributed by atoms with van der Waals surface area (Å²) in [7, 11) is 1.56. The highest BCUT2D eigenvalue weighted by atomic mass is 16.2. The third-order valence-corrected chi connectivity index (χ3v) is 3.34. The predicted octanol–water partition coefficient (Wildman–Crippen LogP) is 2.43. The zero-order valence-corrected chi connectivity index (χ0v) is 13.1. The highest BCUT2D eigenvalue weighted by molar-refractivity contribution is 5.99. The van der Waals surface area contributed by atoms with Gasteiger partial charge in [0.05, 0.1) is 0 Å². The lowest BCUT2D eigenvalue weighted by molar-refractivity contribution is -0.114. The Morgan fingerprint density at radius 1 is 0.870 bits per heavy atom. The average molecular weight is 310 g/mol. The maximum atomic E-state index is 12.3. The second-order valence-corrected chi connectivity index (χ2v) is 5.13. The van der Waals surface area contributed by atoms with Crippen molar-refractivity contribution in [3.63, 3.8) is 0 Å². The minimum Gasteiger partial charge on any atom is -0.355 e. The Morgan fingerprint density at radius 3 is 1.96 bits per heavy atom. The number of amides is 2. The molecule has 2 rings (SSSR count). The minimum absolute atomic E-state index is 0.0271. The molecule has 2 N–H and O–H groups in total. The zero-order chi connectivity index (χ0) is 16.8. The molecule has 2 aromatic rings. The number of ketones is 1. The lowest BCUT2D eigenvalue weighted by atomic mass is 10.0. The molecule has 2 amide bonds. The summed E-state index contributed by atoms with van der Waals surface area (Å²) >= 11 is 0. The van der Waals surface area contributed by atoms with Gasteiger partial charge >= 0.3 is 0 Å². The highest BCUT2D eigenvalue weighted by Crippen LogP contribution is 2.13. The van der Waals surface area contributed by atoms with Gasteiger partial charge in [-0.25, -0.2) is 0 Å². The molecule has 0 aromatic heterocycles. The number of rotatable bonds is 5. The quantitative estimate of drug-likeness (QED) is 0.833. The number of hydrogen-bond acceptors (Lipinski definition) is 3. The Morgan fingerprint density at radius 2 is 1.43 bits per heavy atom. The van der Waals surface area contributed by atoms with Crippen molar-refractivity contribution in [1.82, 2.24) is 5.32 Å². The molecule has 0 aliphatic carbocycles. The maximum absolute atomic E-state index is 12.3. The van der Waals surface area contributed by atoms with Gasteiger partial charge < -0.3 is 10.6 Å². The molecule has 0 aliphatic heterocycles. The van der Waals surface area contributed by atoms with Crippen molar-refractivity contribution in [2.75, 3.05) is 12.4 Å². The summed E-state index contributed by atoms with van der Waals surface area (Å²) in [4.78, 5) is 34.7. The third kappa shape index (κ3) is 4.51. The Bertz CT molecular complexity index is 719. The van der Waals surface area contributed by atoms with Gasteiger partial charge in [-0.1, -0.05) is 24.3 Å². The predicted molar refractivity (Wildman–Crippen MR) is 88.6 cm³/mol. The molecule has 0 spiro atoms. The fraction of sp³-hybridized carbons (Fsp3) is 0.167. The molecule has 2 aromatic carbocycles. The summed E-state index contributed by atoms with van der Waals surface area (Å²) in [6, 6.07) is 13.7. The van der Waals surface area contributed by atoms with Gasteiger partial charge in [-0.05, 0) is 29.8 Å². The van der Waals surface area contributed by atoms with E-state index in [0.29, 0.717) is 16.8 Å². The molecule has 0 unspecified atom stereocenters. The molecule has 0 atom stereocenters. The van der Waals surface area contributed by atoms with Crippen LogP contribution in [0, 0.1) is 0 Å². The van der Waals surface area contributed by atoms with E-state index in [9.17, 15) is 14.4 Å². The summed E-state index contributed by atoms with van der Waals surface area (Å²) in [5.41, 5.74) is 2.63. The van der Waals surface area contributed by atoms with Crippen LogP contribution in [0.25, 0.3) is 0 Å². The fourth-order valence-corrected chi connectivity index (χ4v) is 2.15. The van der Waals surface area contributed by atoms with Crippen molar-refractivity contribution in [1.29, 1.82) is 0 Å². The number of benzene rings is 2. The molecule has 5 heteroatoms. The maximum Gasteiger partial charge on any atom is 0.251 e. The smallest absolute Gasteiger partial charge is 0.251 e. The average Bonchev–Trinajstić information content (AvgIpc) is 2.55. The van der Waals surface area contributed by atoms with Crippen LogP contribution in [0.4, 0.5) is 5.69 Å². The van der Waals surface area contributed by atoms with E-state index in [-0.39, 0.29) is 24.0 Å². The largest absolute Gasteiger partial charge is 0.355 e. The lowest BCUT2D eigenvalue weighted by Gasteiger charge is -2.05. The Hall–Kier alpha value is -2.95. The standard InChI is InChI=1S/C18H18N2O3/c1-12(21)20-16-9-3-13(4-10-16)11-17(22)14-5-7-15(8-6-14)18(23)19-2/h3-10H,11H2,1-2H3,(H,19,23)(H,20,21). The van der Waals surface area contributed by atoms with E-state index in [1.165, 1.54) is 6.92 Å². The second-order valence-electron chi connectivity index (χ2n) is 5.13. The van der Waals surface area contributed by atoms with E-state index < -0.39 is 0 Å². The molecule has 0 heterocycles. The summed E-state index contributed by atoms with van der Waals surface area (Å²) in [6.07, 6.45) is 0.264. The van der Waals surface area contributed by atoms with E-state index in [0.717, 1.165) is 5.56 Å². The number of carbonyl (C=O) groups is 3. The Labute approximate surface area is 134 Å². The van der Waals surface area contributed by atoms with Crippen molar-refractivity contribution in [2.24, 2.45) is 0 Å². The van der Waals surface area contributed by atoms with E-state index in [2.05, 4.69) is 10.6 Å². The minimum atomic E-state index is -0.183. The monoisotopic (exact) mass is 310 g/mol. The second kappa shape index (κ2) is 7.35. The summed E-state index contributed by atoms with van der Waals surface area (Å²) < 4.78 is 0. The van der Waals surface area contributed by atoms with Crippen LogP contribution in [-0.4, -0.2) is 24.6 Å². The summed E-state index contributed by atoms with van der Waals surface area (Å²) in [5, 5.41) is 5.21. The topological polar surface area (TPSA) is 75.3 Å². The SMILES string of the molecule is CNC(=O)c1ccc(C(=O)Cc2ccc(NC(C)=O)cc2)cc1. The molecule has 23 heavy (non-hydrogen) atoms. The van der Waals surface area contributed by atoms with Crippen LogP contribution in [0.2, 0.25) is 0 Å². The molecule has 0 radical (unpaired) electrons. The van der Waals surface area contributed by atoms with E-state index >= 15 is 0 Å². The number of Topliss-reactive ketones (excluding diaryl/α,β-unsaturated/α-hetero) is 1. The molecule has 0 saturated carbocycles. The first kappa shape index (κ1) is 16.4. The van der Waals surface area contributed by atoms with Crippen molar-refractivity contribution < 1.29 is 14.4 Å². The van der Waals surface area contributed by atoms with Crippen molar-refractivity contribution in [3.8, 4) is 0 Å². The van der Waals surface area contributed by atoms with Gasteiger partial charge in [-0.2, -0.15) is 0 Å². The first-order valence-electron chi connectivity index (χ1n) is 7.21. The van der Waals surface area contributed by atoms with Gasteiger partial charge in [0, 0.05) is 37.2 Å². The number of carbonyl (C=O) groups excluding carboxylic acids is 3. The molecule has 0 aliphatic rings. The van der Waals surface area contributed by atoms with Gasteiger partial charge in [0.25, 0.3) is 5.91 Å². The van der Waals surface area contributed by atoms with Crippen molar-refractivity contribution >= 4 is 23.3 Å². The van der Waals surface area contributed by atoms with Gasteiger partial charge in [0.15, 0.2) is 5.78 Å². The first-order chi connectivity index (χ1) is 11.0. The van der Waals surface area contributed by atoms with Crippen molar-refractivity contribution in [3.05, 3.63) is 65.2 Å². The van der Waals surface area contributed by atoms with Gasteiger partial charge in [0.1, 0.15) is 0 Å². The Balaban J connectivity index is 2.03. The van der Waals surface area contributed by atoms with Gasteiger partial charge in [-0.3, -0.25) is 14.4 Å². The number of anilines is 1. The molecule has 118 valence electrons. The van der Waals surface area contributed by atoms with Crippen LogP contribution in [-0.2, 0) is 11.2 Å². The molecule has 5 nitrogen and oxygen atoms in total. The first-order valence-corrected chi connectivity index (χ1v) is 7.21. The third-order valence-electron chi connectivity index (χ3n) is 3.34. The molecule has 0 saturated heterocycles. The Kier molecular flexibility index (Phi) is 5.25. The molecular weight excluding hydrogens is 292 g/mol. The zero-order valence-electron chi connectivity index (χ0n) is 13.1. The normalized spacial score (nSPS) is 10.0. The molecule has 0 fully saturated rings. The number of nitrogens with one attached hydrogen (secondary N) is 2. The van der Waals surface area contributed by atoms with E-state index in [1.54, 1.807) is 43.4 Å². The van der Waals surface area contributed by atoms with Crippen LogP contribution in [0.5, 0.6) is 0 Å². The van der Waals surface area contributed by atoms with E-state index in [1.807, 2.05) is 12.1 Å². The summed E-state index contributed by atoms with van der Waals surface area (Å²) in [5.74, 6) is -0.344. The van der Waals surface area contributed by atoms with Crippen LogP contribution >= 0.6 is 0 Å².